The zero-order valence-corrected chi connectivity index (χ0v) is 12.0. The van der Waals surface area contributed by atoms with Crippen LogP contribution in [0.15, 0.2) is 78.9 Å². The van der Waals surface area contributed by atoms with Crippen LogP contribution in [-0.2, 0) is 4.79 Å². The molecule has 0 aromatic heterocycles. The fraction of sp³-hybridized carbons (Fsp3) is 0.0500. The molecular weight excluding hydrogens is 272 g/mol. The minimum Gasteiger partial charge on any atom is -0.508 e. The molecule has 1 unspecified atom stereocenters. The second-order valence-corrected chi connectivity index (χ2v) is 5.19. The molecule has 0 radical (unpaired) electrons. The molecule has 0 bridgehead atoms. The Labute approximate surface area is 129 Å². The quantitative estimate of drug-likeness (QED) is 0.723. The molecule has 2 heteroatoms. The fourth-order valence-corrected chi connectivity index (χ4v) is 2.54. The summed E-state index contributed by atoms with van der Waals surface area (Å²) in [6.07, 6.45) is 0.934. The van der Waals surface area contributed by atoms with E-state index in [1.54, 1.807) is 24.3 Å². The van der Waals surface area contributed by atoms with Crippen molar-refractivity contribution in [3.8, 4) is 16.9 Å². The van der Waals surface area contributed by atoms with Crippen LogP contribution in [-0.4, -0.2) is 11.4 Å². The van der Waals surface area contributed by atoms with E-state index in [1.165, 1.54) is 0 Å². The van der Waals surface area contributed by atoms with Crippen LogP contribution in [0.1, 0.15) is 17.0 Å². The van der Waals surface area contributed by atoms with Gasteiger partial charge in [0.2, 0.25) is 0 Å². The van der Waals surface area contributed by atoms with Crippen molar-refractivity contribution in [2.75, 3.05) is 0 Å². The number of aldehydes is 1. The molecule has 2 nitrogen and oxygen atoms in total. The van der Waals surface area contributed by atoms with Crippen LogP contribution in [0.3, 0.4) is 0 Å². The normalized spacial score (nSPS) is 11.8. The van der Waals surface area contributed by atoms with E-state index in [0.29, 0.717) is 0 Å². The van der Waals surface area contributed by atoms with Gasteiger partial charge in [0.1, 0.15) is 12.0 Å². The molecule has 0 amide bonds. The van der Waals surface area contributed by atoms with Gasteiger partial charge < -0.3 is 9.90 Å². The lowest BCUT2D eigenvalue weighted by Gasteiger charge is -2.12. The van der Waals surface area contributed by atoms with Gasteiger partial charge in [-0.3, -0.25) is 0 Å². The maximum atomic E-state index is 11.5. The van der Waals surface area contributed by atoms with Crippen molar-refractivity contribution < 1.29 is 9.90 Å². The molecule has 1 atom stereocenters. The van der Waals surface area contributed by atoms with E-state index in [2.05, 4.69) is 12.1 Å². The van der Waals surface area contributed by atoms with Gasteiger partial charge in [0, 0.05) is 0 Å². The minimum absolute atomic E-state index is 0.202. The molecular formula is C20H16O2. The van der Waals surface area contributed by atoms with Crippen LogP contribution in [0.2, 0.25) is 0 Å². The van der Waals surface area contributed by atoms with E-state index in [9.17, 15) is 9.90 Å². The predicted molar refractivity (Wildman–Crippen MR) is 87.9 cm³/mol. The predicted octanol–water partition coefficient (Wildman–Crippen LogP) is 4.39. The summed E-state index contributed by atoms with van der Waals surface area (Å²) in [6, 6.07) is 24.9. The SMILES string of the molecule is O=CC(c1ccc(O)cc1)c1ccc(-c2ccccc2)cc1. The summed E-state index contributed by atoms with van der Waals surface area (Å²) >= 11 is 0. The molecule has 0 saturated carbocycles. The maximum absolute atomic E-state index is 11.5. The Hall–Kier alpha value is -2.87. The Morgan fingerprint density at radius 3 is 1.73 bits per heavy atom. The van der Waals surface area contributed by atoms with Crippen molar-refractivity contribution >= 4 is 6.29 Å². The van der Waals surface area contributed by atoms with Gasteiger partial charge in [0.05, 0.1) is 5.92 Å². The van der Waals surface area contributed by atoms with Gasteiger partial charge in [-0.2, -0.15) is 0 Å². The molecule has 0 saturated heterocycles. The third-order valence-electron chi connectivity index (χ3n) is 3.77. The van der Waals surface area contributed by atoms with Gasteiger partial charge in [0.25, 0.3) is 0 Å². The van der Waals surface area contributed by atoms with Crippen molar-refractivity contribution in [3.63, 3.8) is 0 Å². The lowest BCUT2D eigenvalue weighted by Crippen LogP contribution is -2.02. The van der Waals surface area contributed by atoms with Gasteiger partial charge in [0.15, 0.2) is 0 Å². The second kappa shape index (κ2) is 6.27. The van der Waals surface area contributed by atoms with Gasteiger partial charge in [-0.15, -0.1) is 0 Å². The van der Waals surface area contributed by atoms with Gasteiger partial charge >= 0.3 is 0 Å². The number of carbonyl (C=O) groups excluding carboxylic acids is 1. The first kappa shape index (κ1) is 14.1. The van der Waals surface area contributed by atoms with Crippen molar-refractivity contribution in [1.29, 1.82) is 0 Å². The summed E-state index contributed by atoms with van der Waals surface area (Å²) in [6.45, 7) is 0. The van der Waals surface area contributed by atoms with Crippen LogP contribution in [0.25, 0.3) is 11.1 Å². The zero-order chi connectivity index (χ0) is 15.4. The Morgan fingerprint density at radius 1 is 0.682 bits per heavy atom. The average molecular weight is 288 g/mol. The number of hydrogen-bond acceptors (Lipinski definition) is 2. The van der Waals surface area contributed by atoms with E-state index in [1.807, 2.05) is 42.5 Å². The first-order valence-corrected chi connectivity index (χ1v) is 7.17. The molecule has 3 aromatic carbocycles. The van der Waals surface area contributed by atoms with Crippen molar-refractivity contribution in [3.05, 3.63) is 90.0 Å². The standard InChI is InChI=1S/C20H16O2/c21-14-20(18-10-12-19(22)13-11-18)17-8-6-16(7-9-17)15-4-2-1-3-5-15/h1-14,20,22H. The largest absolute Gasteiger partial charge is 0.508 e. The molecule has 0 heterocycles. The first-order chi connectivity index (χ1) is 10.8. The molecule has 0 spiro atoms. The summed E-state index contributed by atoms with van der Waals surface area (Å²) in [7, 11) is 0. The smallest absolute Gasteiger partial charge is 0.131 e. The van der Waals surface area contributed by atoms with Gasteiger partial charge in [-0.05, 0) is 34.4 Å². The summed E-state index contributed by atoms with van der Waals surface area (Å²) < 4.78 is 0. The molecule has 108 valence electrons. The van der Waals surface area contributed by atoms with E-state index in [0.717, 1.165) is 28.5 Å². The molecule has 3 aromatic rings. The summed E-state index contributed by atoms with van der Waals surface area (Å²) in [5, 5.41) is 9.36. The topological polar surface area (TPSA) is 37.3 Å². The number of benzene rings is 3. The average Bonchev–Trinajstić information content (AvgIpc) is 2.59. The number of phenolic OH excluding ortho intramolecular Hbond substituents is 1. The Balaban J connectivity index is 1.90. The Morgan fingerprint density at radius 2 is 1.18 bits per heavy atom. The maximum Gasteiger partial charge on any atom is 0.131 e. The fourth-order valence-electron chi connectivity index (χ4n) is 2.54. The van der Waals surface area contributed by atoms with Crippen molar-refractivity contribution in [1.82, 2.24) is 0 Å². The van der Waals surface area contributed by atoms with E-state index >= 15 is 0 Å². The van der Waals surface area contributed by atoms with Crippen molar-refractivity contribution in [2.24, 2.45) is 0 Å². The van der Waals surface area contributed by atoms with E-state index in [-0.39, 0.29) is 11.7 Å². The molecule has 1 N–H and O–H groups in total. The third kappa shape index (κ3) is 2.91. The number of hydrogen-bond donors (Lipinski definition) is 1. The zero-order valence-electron chi connectivity index (χ0n) is 12.0. The number of rotatable bonds is 4. The van der Waals surface area contributed by atoms with Gasteiger partial charge in [-0.1, -0.05) is 66.7 Å². The van der Waals surface area contributed by atoms with E-state index in [4.69, 9.17) is 0 Å². The van der Waals surface area contributed by atoms with Crippen LogP contribution >= 0.6 is 0 Å². The molecule has 0 fully saturated rings. The lowest BCUT2D eigenvalue weighted by molar-refractivity contribution is -0.108. The van der Waals surface area contributed by atoms with Crippen LogP contribution < -0.4 is 0 Å². The molecule has 0 aliphatic carbocycles. The summed E-state index contributed by atoms with van der Waals surface area (Å²) in [5.41, 5.74) is 4.10. The highest BCUT2D eigenvalue weighted by molar-refractivity contribution is 5.70. The Kier molecular flexibility index (Phi) is 4.01. The highest BCUT2D eigenvalue weighted by Crippen LogP contribution is 2.27. The van der Waals surface area contributed by atoms with Crippen LogP contribution in [0.4, 0.5) is 0 Å². The van der Waals surface area contributed by atoms with Crippen LogP contribution in [0, 0.1) is 0 Å². The summed E-state index contributed by atoms with van der Waals surface area (Å²) in [4.78, 5) is 11.5. The highest BCUT2D eigenvalue weighted by Gasteiger charge is 2.13. The highest BCUT2D eigenvalue weighted by atomic mass is 16.3. The molecule has 3 rings (SSSR count). The first-order valence-electron chi connectivity index (χ1n) is 7.17. The summed E-state index contributed by atoms with van der Waals surface area (Å²) in [5.74, 6) is -0.113. The van der Waals surface area contributed by atoms with Crippen molar-refractivity contribution in [2.45, 2.75) is 5.92 Å². The number of aromatic hydroxyl groups is 1. The molecule has 0 aliphatic rings. The molecule has 22 heavy (non-hydrogen) atoms. The van der Waals surface area contributed by atoms with Crippen LogP contribution in [0.5, 0.6) is 5.75 Å². The third-order valence-corrected chi connectivity index (χ3v) is 3.77. The number of carbonyl (C=O) groups is 1. The Bertz CT molecular complexity index is 744. The van der Waals surface area contributed by atoms with Gasteiger partial charge in [-0.25, -0.2) is 0 Å². The second-order valence-electron chi connectivity index (χ2n) is 5.19. The monoisotopic (exact) mass is 288 g/mol. The van der Waals surface area contributed by atoms with E-state index < -0.39 is 0 Å². The lowest BCUT2D eigenvalue weighted by atomic mass is 9.91. The minimum atomic E-state index is -0.314. The number of phenols is 1. The molecule has 0 aliphatic heterocycles.